The highest BCUT2D eigenvalue weighted by Crippen LogP contribution is 2.24. The van der Waals surface area contributed by atoms with E-state index in [1.54, 1.807) is 11.9 Å². The topological polar surface area (TPSA) is 20.3 Å². The van der Waals surface area contributed by atoms with Crippen LogP contribution in [0.1, 0.15) is 12.5 Å². The van der Waals surface area contributed by atoms with Gasteiger partial charge < -0.3 is 4.90 Å². The van der Waals surface area contributed by atoms with Gasteiger partial charge in [0, 0.05) is 18.9 Å². The maximum Gasteiger partial charge on any atom is 0.223 e. The van der Waals surface area contributed by atoms with Crippen LogP contribution in [-0.2, 0) is 4.79 Å². The van der Waals surface area contributed by atoms with Crippen LogP contribution in [0.4, 0.5) is 5.69 Å². The largest absolute Gasteiger partial charge is 0.315 e. The summed E-state index contributed by atoms with van der Waals surface area (Å²) in [6, 6.07) is 5.82. The third-order valence-corrected chi connectivity index (χ3v) is 2.34. The van der Waals surface area contributed by atoms with Crippen molar-refractivity contribution in [2.45, 2.75) is 18.7 Å². The lowest BCUT2D eigenvalue weighted by molar-refractivity contribution is -0.116. The second kappa shape index (κ2) is 3.83. The minimum Gasteiger partial charge on any atom is -0.315 e. The molecule has 1 aromatic carbocycles. The van der Waals surface area contributed by atoms with Gasteiger partial charge >= 0.3 is 0 Å². The van der Waals surface area contributed by atoms with Crippen LogP contribution in [0.15, 0.2) is 23.1 Å². The van der Waals surface area contributed by atoms with E-state index < -0.39 is 0 Å². The monoisotopic (exact) mass is 195 g/mol. The molecule has 1 amide bonds. The van der Waals surface area contributed by atoms with Gasteiger partial charge in [0.1, 0.15) is 0 Å². The van der Waals surface area contributed by atoms with Gasteiger partial charge in [0.2, 0.25) is 5.91 Å². The number of benzene rings is 1. The first kappa shape index (κ1) is 10.1. The third kappa shape index (κ3) is 2.25. The van der Waals surface area contributed by atoms with Crippen LogP contribution in [0.25, 0.3) is 0 Å². The number of nitrogens with zero attached hydrogens (tertiary/aromatic N) is 1. The van der Waals surface area contributed by atoms with E-state index in [0.717, 1.165) is 16.1 Å². The first-order chi connectivity index (χ1) is 6.02. The Bertz CT molecular complexity index is 336. The van der Waals surface area contributed by atoms with Crippen molar-refractivity contribution in [3.8, 4) is 0 Å². The van der Waals surface area contributed by atoms with Crippen LogP contribution in [0.2, 0.25) is 0 Å². The number of thiol groups is 1. The molecule has 1 aromatic rings. The van der Waals surface area contributed by atoms with Gasteiger partial charge in [-0.1, -0.05) is 6.07 Å². The van der Waals surface area contributed by atoms with Gasteiger partial charge in [0.15, 0.2) is 0 Å². The number of aryl methyl sites for hydroxylation is 1. The Kier molecular flexibility index (Phi) is 2.98. The molecule has 0 unspecified atom stereocenters. The standard InChI is InChI=1S/C10H13NOS/c1-7-4-5-10(13)9(6-7)11(3)8(2)12/h4-6,13H,1-3H3. The Labute approximate surface area is 84.0 Å². The molecule has 0 aliphatic heterocycles. The van der Waals surface area contributed by atoms with Crippen molar-refractivity contribution < 1.29 is 4.79 Å². The summed E-state index contributed by atoms with van der Waals surface area (Å²) in [6.45, 7) is 3.53. The van der Waals surface area contributed by atoms with E-state index in [9.17, 15) is 4.79 Å². The molecule has 0 N–H and O–H groups in total. The molecule has 0 aliphatic rings. The van der Waals surface area contributed by atoms with Crippen molar-refractivity contribution in [1.29, 1.82) is 0 Å². The lowest BCUT2D eigenvalue weighted by Crippen LogP contribution is -2.23. The van der Waals surface area contributed by atoms with Crippen molar-refractivity contribution >= 4 is 24.2 Å². The van der Waals surface area contributed by atoms with Gasteiger partial charge in [-0.15, -0.1) is 12.6 Å². The molecule has 13 heavy (non-hydrogen) atoms. The van der Waals surface area contributed by atoms with Crippen LogP contribution in [0.3, 0.4) is 0 Å². The Hall–Kier alpha value is -0.960. The highest BCUT2D eigenvalue weighted by Gasteiger charge is 2.08. The van der Waals surface area contributed by atoms with Gasteiger partial charge in [-0.05, 0) is 24.6 Å². The van der Waals surface area contributed by atoms with E-state index in [-0.39, 0.29) is 5.91 Å². The average Bonchev–Trinajstić information content (AvgIpc) is 2.08. The Morgan fingerprint density at radius 3 is 2.62 bits per heavy atom. The average molecular weight is 195 g/mol. The zero-order chi connectivity index (χ0) is 10.0. The summed E-state index contributed by atoms with van der Waals surface area (Å²) < 4.78 is 0. The van der Waals surface area contributed by atoms with Crippen LogP contribution in [-0.4, -0.2) is 13.0 Å². The molecule has 0 spiro atoms. The Balaban J connectivity index is 3.12. The molecule has 0 atom stereocenters. The zero-order valence-corrected chi connectivity index (χ0v) is 8.93. The number of hydrogen-bond donors (Lipinski definition) is 1. The zero-order valence-electron chi connectivity index (χ0n) is 8.03. The molecule has 0 aliphatic carbocycles. The first-order valence-electron chi connectivity index (χ1n) is 4.06. The van der Waals surface area contributed by atoms with Crippen molar-refractivity contribution in [2.24, 2.45) is 0 Å². The van der Waals surface area contributed by atoms with Gasteiger partial charge in [-0.3, -0.25) is 4.79 Å². The predicted octanol–water partition coefficient (Wildman–Crippen LogP) is 2.27. The number of hydrogen-bond acceptors (Lipinski definition) is 2. The molecule has 2 nitrogen and oxygen atoms in total. The van der Waals surface area contributed by atoms with Crippen LogP contribution in [0, 0.1) is 6.92 Å². The summed E-state index contributed by atoms with van der Waals surface area (Å²) in [5, 5.41) is 0. The first-order valence-corrected chi connectivity index (χ1v) is 4.51. The predicted molar refractivity (Wildman–Crippen MR) is 57.5 cm³/mol. The maximum absolute atomic E-state index is 11.1. The van der Waals surface area contributed by atoms with E-state index in [0.29, 0.717) is 0 Å². The van der Waals surface area contributed by atoms with E-state index in [1.165, 1.54) is 6.92 Å². The van der Waals surface area contributed by atoms with Crippen LogP contribution in [0.5, 0.6) is 0 Å². The highest BCUT2D eigenvalue weighted by molar-refractivity contribution is 7.80. The molecule has 0 aromatic heterocycles. The fraction of sp³-hybridized carbons (Fsp3) is 0.300. The minimum absolute atomic E-state index is 0.0147. The Morgan fingerprint density at radius 1 is 1.46 bits per heavy atom. The van der Waals surface area contributed by atoms with Gasteiger partial charge in [-0.25, -0.2) is 0 Å². The van der Waals surface area contributed by atoms with Gasteiger partial charge in [0.25, 0.3) is 0 Å². The SMILES string of the molecule is CC(=O)N(C)c1cc(C)ccc1S. The molecular weight excluding hydrogens is 182 g/mol. The van der Waals surface area contributed by atoms with Crippen molar-refractivity contribution in [3.05, 3.63) is 23.8 Å². The molecule has 1 rings (SSSR count). The van der Waals surface area contributed by atoms with E-state index in [2.05, 4.69) is 12.6 Å². The van der Waals surface area contributed by atoms with Crippen molar-refractivity contribution in [2.75, 3.05) is 11.9 Å². The number of carbonyl (C=O) groups excluding carboxylic acids is 1. The molecule has 0 heterocycles. The van der Waals surface area contributed by atoms with Gasteiger partial charge in [0.05, 0.1) is 5.69 Å². The molecule has 0 saturated heterocycles. The molecule has 0 bridgehead atoms. The summed E-state index contributed by atoms with van der Waals surface area (Å²) >= 11 is 4.29. The van der Waals surface area contributed by atoms with E-state index >= 15 is 0 Å². The molecule has 70 valence electrons. The minimum atomic E-state index is 0.0147. The number of anilines is 1. The molecule has 3 heteroatoms. The fourth-order valence-corrected chi connectivity index (χ4v) is 1.36. The second-order valence-corrected chi connectivity index (χ2v) is 3.55. The van der Waals surface area contributed by atoms with Gasteiger partial charge in [-0.2, -0.15) is 0 Å². The van der Waals surface area contributed by atoms with Crippen molar-refractivity contribution in [3.63, 3.8) is 0 Å². The van der Waals surface area contributed by atoms with Crippen molar-refractivity contribution in [1.82, 2.24) is 0 Å². The summed E-state index contributed by atoms with van der Waals surface area (Å²) in [6.07, 6.45) is 0. The lowest BCUT2D eigenvalue weighted by Gasteiger charge is -2.17. The number of amides is 1. The van der Waals surface area contributed by atoms with E-state index in [1.807, 2.05) is 25.1 Å². The smallest absolute Gasteiger partial charge is 0.223 e. The molecule has 0 saturated carbocycles. The highest BCUT2D eigenvalue weighted by atomic mass is 32.1. The molecule has 0 fully saturated rings. The number of rotatable bonds is 1. The molecule has 0 radical (unpaired) electrons. The maximum atomic E-state index is 11.1. The van der Waals surface area contributed by atoms with E-state index in [4.69, 9.17) is 0 Å². The number of carbonyl (C=O) groups is 1. The summed E-state index contributed by atoms with van der Waals surface area (Å²) in [4.78, 5) is 13.5. The second-order valence-electron chi connectivity index (χ2n) is 3.07. The van der Waals surface area contributed by atoms with Crippen LogP contribution < -0.4 is 4.90 Å². The quantitative estimate of drug-likeness (QED) is 0.682. The van der Waals surface area contributed by atoms with Crippen LogP contribution >= 0.6 is 12.6 Å². The third-order valence-electron chi connectivity index (χ3n) is 1.96. The summed E-state index contributed by atoms with van der Waals surface area (Å²) in [7, 11) is 1.75. The normalized spacial score (nSPS) is 9.85. The molecular formula is C10H13NOS. The lowest BCUT2D eigenvalue weighted by atomic mass is 10.2. The summed E-state index contributed by atoms with van der Waals surface area (Å²) in [5.74, 6) is 0.0147. The summed E-state index contributed by atoms with van der Waals surface area (Å²) in [5.41, 5.74) is 1.98. The fourth-order valence-electron chi connectivity index (χ4n) is 1.07. The Morgan fingerprint density at radius 2 is 2.08 bits per heavy atom.